The van der Waals surface area contributed by atoms with Gasteiger partial charge in [0.05, 0.1) is 5.52 Å². The van der Waals surface area contributed by atoms with Gasteiger partial charge in [0, 0.05) is 42.4 Å². The van der Waals surface area contributed by atoms with Gasteiger partial charge in [0.2, 0.25) is 0 Å². The van der Waals surface area contributed by atoms with Crippen molar-refractivity contribution in [3.8, 4) is 11.3 Å². The van der Waals surface area contributed by atoms with Crippen molar-refractivity contribution >= 4 is 16.7 Å². The van der Waals surface area contributed by atoms with Crippen LogP contribution in [0.5, 0.6) is 0 Å². The maximum atomic E-state index is 11.5. The molecule has 1 aromatic heterocycles. The third-order valence-corrected chi connectivity index (χ3v) is 5.72. The number of ketones is 1. The summed E-state index contributed by atoms with van der Waals surface area (Å²) in [5.41, 5.74) is 7.47. The standard InChI is InChI=1S/C20H20N.C11H20O2.Ir/c1-5-16-12-18-15(4)7-6-8-19(18)21-20(16)17-10-13(2)9-14(3)11-17;1-10(2,3)8(12)7-9(13)11(4,5)6;/h6-10,12H,5H2,1-4H3;7,12H,1-6H3;/q-1;;/b;8-7-;. The topological polar surface area (TPSA) is 50.2 Å². The Hall–Kier alpha value is -2.29. The number of allylic oxidation sites excluding steroid dienone is 2. The van der Waals surface area contributed by atoms with Crippen molar-refractivity contribution in [2.45, 2.75) is 75.7 Å². The van der Waals surface area contributed by atoms with E-state index in [0.29, 0.717) is 0 Å². The molecule has 1 N–H and O–H groups in total. The Bertz CT molecular complexity index is 1190. The fraction of sp³-hybridized carbons (Fsp3) is 0.419. The SMILES string of the molecule is CC(C)(C)C(=O)/C=C(\O)C(C)(C)C.CCc1cc2c(C)cccc2nc1-c1[c-]c(C)cc(C)c1.[Ir]. The van der Waals surface area contributed by atoms with Crippen LogP contribution in [-0.4, -0.2) is 15.9 Å². The molecule has 0 aliphatic rings. The average Bonchev–Trinajstić information content (AvgIpc) is 2.71. The number of fused-ring (bicyclic) bond motifs is 1. The molecule has 0 aliphatic carbocycles. The van der Waals surface area contributed by atoms with Crippen LogP contribution in [-0.2, 0) is 31.3 Å². The van der Waals surface area contributed by atoms with Gasteiger partial charge in [0.1, 0.15) is 5.76 Å². The van der Waals surface area contributed by atoms with Crippen molar-refractivity contribution in [3.63, 3.8) is 0 Å². The minimum atomic E-state index is -0.417. The first kappa shape index (κ1) is 30.7. The van der Waals surface area contributed by atoms with E-state index in [1.165, 1.54) is 28.2 Å². The van der Waals surface area contributed by atoms with Gasteiger partial charge in [-0.05, 0) is 30.7 Å². The quantitative estimate of drug-likeness (QED) is 0.176. The number of carbonyl (C=O) groups excluding carboxylic acids is 1. The maximum Gasteiger partial charge on any atom is 0.164 e. The van der Waals surface area contributed by atoms with Gasteiger partial charge in [0.25, 0.3) is 0 Å². The molecule has 191 valence electrons. The zero-order valence-corrected chi connectivity index (χ0v) is 25.3. The van der Waals surface area contributed by atoms with E-state index in [1.54, 1.807) is 0 Å². The van der Waals surface area contributed by atoms with Crippen LogP contribution in [0.4, 0.5) is 0 Å². The van der Waals surface area contributed by atoms with E-state index in [9.17, 15) is 9.90 Å². The summed E-state index contributed by atoms with van der Waals surface area (Å²) in [6.45, 7) is 19.7. The third-order valence-electron chi connectivity index (χ3n) is 5.72. The predicted molar refractivity (Wildman–Crippen MR) is 144 cm³/mol. The summed E-state index contributed by atoms with van der Waals surface area (Å²) >= 11 is 0. The van der Waals surface area contributed by atoms with E-state index in [0.717, 1.165) is 28.8 Å². The van der Waals surface area contributed by atoms with Crippen LogP contribution in [0, 0.1) is 37.7 Å². The van der Waals surface area contributed by atoms with Crippen LogP contribution < -0.4 is 0 Å². The monoisotopic (exact) mass is 651 g/mol. The first-order valence-electron chi connectivity index (χ1n) is 12.0. The largest absolute Gasteiger partial charge is 0.512 e. The number of rotatable bonds is 3. The first-order valence-corrected chi connectivity index (χ1v) is 12.0. The van der Waals surface area contributed by atoms with Gasteiger partial charge in [-0.15, -0.1) is 34.9 Å². The Labute approximate surface area is 225 Å². The Morgan fingerprint density at radius 2 is 1.63 bits per heavy atom. The van der Waals surface area contributed by atoms with E-state index in [1.807, 2.05) is 41.5 Å². The maximum absolute atomic E-state index is 11.5. The van der Waals surface area contributed by atoms with Gasteiger partial charge in [-0.2, -0.15) is 0 Å². The molecule has 0 aliphatic heterocycles. The Morgan fingerprint density at radius 1 is 1.00 bits per heavy atom. The summed E-state index contributed by atoms with van der Waals surface area (Å²) in [5, 5.41) is 10.8. The molecular formula is C31H40IrNO2-. The van der Waals surface area contributed by atoms with Gasteiger partial charge >= 0.3 is 0 Å². The number of carbonyl (C=O) groups is 1. The molecule has 0 unspecified atom stereocenters. The normalized spacial score (nSPS) is 12.0. The van der Waals surface area contributed by atoms with E-state index < -0.39 is 5.41 Å². The molecule has 3 nitrogen and oxygen atoms in total. The second kappa shape index (κ2) is 12.1. The minimum Gasteiger partial charge on any atom is -0.512 e. The molecule has 0 atom stereocenters. The minimum absolute atomic E-state index is 0. The smallest absolute Gasteiger partial charge is 0.164 e. The number of hydrogen-bond acceptors (Lipinski definition) is 3. The molecule has 3 rings (SSSR count). The van der Waals surface area contributed by atoms with Crippen molar-refractivity contribution in [2.75, 3.05) is 0 Å². The Balaban J connectivity index is 0.000000383. The molecule has 0 spiro atoms. The number of aliphatic hydroxyl groups is 1. The summed E-state index contributed by atoms with van der Waals surface area (Å²) in [6.07, 6.45) is 2.31. The van der Waals surface area contributed by atoms with Crippen molar-refractivity contribution in [2.24, 2.45) is 10.8 Å². The van der Waals surface area contributed by atoms with Gasteiger partial charge in [-0.25, -0.2) is 0 Å². The summed E-state index contributed by atoms with van der Waals surface area (Å²) in [5.74, 6) is 0.104. The zero-order valence-electron chi connectivity index (χ0n) is 22.9. The van der Waals surface area contributed by atoms with Crippen LogP contribution in [0.25, 0.3) is 22.2 Å². The van der Waals surface area contributed by atoms with Gasteiger partial charge < -0.3 is 5.11 Å². The van der Waals surface area contributed by atoms with Crippen LogP contribution in [0.2, 0.25) is 0 Å². The number of hydrogen-bond donors (Lipinski definition) is 1. The summed E-state index contributed by atoms with van der Waals surface area (Å²) < 4.78 is 0. The molecule has 0 saturated carbocycles. The molecule has 1 radical (unpaired) electrons. The number of nitrogens with zero attached hydrogens (tertiary/aromatic N) is 1. The van der Waals surface area contributed by atoms with Crippen LogP contribution >= 0.6 is 0 Å². The molecular weight excluding hydrogens is 611 g/mol. The Kier molecular flexibility index (Phi) is 10.6. The number of aromatic nitrogens is 1. The average molecular weight is 651 g/mol. The molecule has 4 heteroatoms. The van der Waals surface area contributed by atoms with E-state index in [2.05, 4.69) is 70.2 Å². The third kappa shape index (κ3) is 8.40. The van der Waals surface area contributed by atoms with Gasteiger partial charge in [-0.1, -0.05) is 86.1 Å². The zero-order chi connectivity index (χ0) is 25.8. The van der Waals surface area contributed by atoms with E-state index in [-0.39, 0.29) is 37.1 Å². The number of aliphatic hydroxyl groups excluding tert-OH is 1. The molecule has 2 aromatic carbocycles. The molecule has 1 heterocycles. The molecule has 35 heavy (non-hydrogen) atoms. The van der Waals surface area contributed by atoms with Crippen LogP contribution in [0.15, 0.2) is 48.2 Å². The van der Waals surface area contributed by atoms with Crippen molar-refractivity contribution in [3.05, 3.63) is 76.6 Å². The van der Waals surface area contributed by atoms with Gasteiger partial charge in [-0.3, -0.25) is 9.78 Å². The Morgan fingerprint density at radius 3 is 2.14 bits per heavy atom. The second-order valence-electron chi connectivity index (χ2n) is 11.1. The summed E-state index contributed by atoms with van der Waals surface area (Å²) in [6, 6.07) is 16.4. The van der Waals surface area contributed by atoms with Gasteiger partial charge in [0.15, 0.2) is 5.78 Å². The summed E-state index contributed by atoms with van der Waals surface area (Å²) in [4.78, 5) is 16.4. The second-order valence-corrected chi connectivity index (χ2v) is 11.1. The molecule has 3 aromatic rings. The summed E-state index contributed by atoms with van der Waals surface area (Å²) in [7, 11) is 0. The van der Waals surface area contributed by atoms with E-state index in [4.69, 9.17) is 4.98 Å². The van der Waals surface area contributed by atoms with E-state index >= 15 is 0 Å². The molecule has 0 bridgehead atoms. The van der Waals surface area contributed by atoms with Crippen molar-refractivity contribution in [1.82, 2.24) is 4.98 Å². The number of aryl methyl sites for hydroxylation is 4. The van der Waals surface area contributed by atoms with Crippen molar-refractivity contribution in [1.29, 1.82) is 0 Å². The fourth-order valence-electron chi connectivity index (χ4n) is 3.47. The van der Waals surface area contributed by atoms with Crippen LogP contribution in [0.3, 0.4) is 0 Å². The molecule has 0 fully saturated rings. The van der Waals surface area contributed by atoms with Crippen LogP contribution in [0.1, 0.15) is 70.7 Å². The van der Waals surface area contributed by atoms with Crippen molar-refractivity contribution < 1.29 is 30.0 Å². The first-order chi connectivity index (χ1) is 15.6. The number of benzene rings is 2. The molecule has 0 amide bonds. The fourth-order valence-corrected chi connectivity index (χ4v) is 3.47. The number of pyridine rings is 1. The molecule has 0 saturated heterocycles. The predicted octanol–water partition coefficient (Wildman–Crippen LogP) is 8.28.